The Labute approximate surface area is 137 Å². The smallest absolute Gasteiger partial charge is 0.228 e. The SMILES string of the molecule is CCCCS(=O)(=O)N1CCC[C@H](C(=O)Nc2ccccc2O)C1. The van der Waals surface area contributed by atoms with Crippen LogP contribution in [0, 0.1) is 5.92 Å². The Hall–Kier alpha value is -1.60. The minimum absolute atomic E-state index is 0.00378. The standard InChI is InChI=1S/C16H24N2O4S/c1-2-3-11-23(21,22)18-10-6-7-13(12-18)16(20)17-14-8-4-5-9-15(14)19/h4-5,8-9,13,19H,2-3,6-7,10-12H2,1H3,(H,17,20)/t13-/m0/s1. The van der Waals surface area contributed by atoms with E-state index in [0.717, 1.165) is 6.42 Å². The number of phenols is 1. The summed E-state index contributed by atoms with van der Waals surface area (Å²) < 4.78 is 26.0. The highest BCUT2D eigenvalue weighted by Crippen LogP contribution is 2.25. The third-order valence-corrected chi connectivity index (χ3v) is 5.99. The zero-order valence-corrected chi connectivity index (χ0v) is 14.2. The van der Waals surface area contributed by atoms with E-state index >= 15 is 0 Å². The number of carbonyl (C=O) groups excluding carboxylic acids is 1. The number of carbonyl (C=O) groups is 1. The van der Waals surface area contributed by atoms with Crippen molar-refractivity contribution in [1.29, 1.82) is 0 Å². The topological polar surface area (TPSA) is 86.7 Å². The Morgan fingerprint density at radius 2 is 2.13 bits per heavy atom. The lowest BCUT2D eigenvalue weighted by Gasteiger charge is -2.31. The van der Waals surface area contributed by atoms with Crippen molar-refractivity contribution in [2.75, 3.05) is 24.2 Å². The molecule has 1 saturated heterocycles. The number of benzene rings is 1. The van der Waals surface area contributed by atoms with Crippen LogP contribution in [0.2, 0.25) is 0 Å². The number of amides is 1. The van der Waals surface area contributed by atoms with Crippen LogP contribution >= 0.6 is 0 Å². The van der Waals surface area contributed by atoms with Crippen LogP contribution in [0.4, 0.5) is 5.69 Å². The molecule has 7 heteroatoms. The zero-order chi connectivity index (χ0) is 16.9. The van der Waals surface area contributed by atoms with Crippen LogP contribution in [0.3, 0.4) is 0 Å². The van der Waals surface area contributed by atoms with Crippen molar-refractivity contribution in [3.63, 3.8) is 0 Å². The molecule has 6 nitrogen and oxygen atoms in total. The molecule has 0 saturated carbocycles. The zero-order valence-electron chi connectivity index (χ0n) is 13.4. The van der Waals surface area contributed by atoms with Gasteiger partial charge in [-0.2, -0.15) is 0 Å². The number of sulfonamides is 1. The van der Waals surface area contributed by atoms with Gasteiger partial charge in [0.2, 0.25) is 15.9 Å². The molecule has 0 aromatic heterocycles. The second-order valence-electron chi connectivity index (χ2n) is 5.87. The Bertz CT molecular complexity index is 645. The molecule has 1 fully saturated rings. The van der Waals surface area contributed by atoms with Gasteiger partial charge in [-0.1, -0.05) is 25.5 Å². The van der Waals surface area contributed by atoms with Crippen molar-refractivity contribution >= 4 is 21.6 Å². The Kier molecular flexibility index (Phi) is 6.01. The molecule has 1 amide bonds. The van der Waals surface area contributed by atoms with Crippen LogP contribution in [0.15, 0.2) is 24.3 Å². The number of para-hydroxylation sites is 2. The van der Waals surface area contributed by atoms with Gasteiger partial charge in [0.25, 0.3) is 0 Å². The molecule has 0 aliphatic carbocycles. The maximum absolute atomic E-state index is 12.4. The summed E-state index contributed by atoms with van der Waals surface area (Å²) in [6.45, 7) is 2.65. The predicted molar refractivity (Wildman–Crippen MR) is 89.7 cm³/mol. The number of nitrogens with zero attached hydrogens (tertiary/aromatic N) is 1. The summed E-state index contributed by atoms with van der Waals surface area (Å²) in [6, 6.07) is 6.51. The lowest BCUT2D eigenvalue weighted by Crippen LogP contribution is -2.44. The van der Waals surface area contributed by atoms with Crippen LogP contribution in [0.1, 0.15) is 32.6 Å². The van der Waals surface area contributed by atoms with Gasteiger partial charge in [-0.3, -0.25) is 4.79 Å². The van der Waals surface area contributed by atoms with Gasteiger partial charge >= 0.3 is 0 Å². The van der Waals surface area contributed by atoms with Crippen molar-refractivity contribution < 1.29 is 18.3 Å². The maximum Gasteiger partial charge on any atom is 0.228 e. The highest BCUT2D eigenvalue weighted by atomic mass is 32.2. The van der Waals surface area contributed by atoms with Gasteiger partial charge in [0.1, 0.15) is 5.75 Å². The molecule has 0 unspecified atom stereocenters. The first kappa shape index (κ1) is 17.7. The van der Waals surface area contributed by atoms with E-state index in [-0.39, 0.29) is 29.9 Å². The highest BCUT2D eigenvalue weighted by Gasteiger charge is 2.32. The average molecular weight is 340 g/mol. The van der Waals surface area contributed by atoms with Gasteiger partial charge in [-0.15, -0.1) is 0 Å². The summed E-state index contributed by atoms with van der Waals surface area (Å²) in [5, 5.41) is 12.4. The van der Waals surface area contributed by atoms with Crippen molar-refractivity contribution in [3.05, 3.63) is 24.3 Å². The van der Waals surface area contributed by atoms with Gasteiger partial charge in [0, 0.05) is 13.1 Å². The molecule has 0 bridgehead atoms. The molecule has 128 valence electrons. The van der Waals surface area contributed by atoms with E-state index < -0.39 is 10.0 Å². The predicted octanol–water partition coefficient (Wildman–Crippen LogP) is 2.17. The number of aromatic hydroxyl groups is 1. The van der Waals surface area contributed by atoms with E-state index in [1.807, 2.05) is 6.92 Å². The Morgan fingerprint density at radius 3 is 2.83 bits per heavy atom. The van der Waals surface area contributed by atoms with Gasteiger partial charge in [0.15, 0.2) is 0 Å². The molecular formula is C16H24N2O4S. The molecule has 0 radical (unpaired) electrons. The summed E-state index contributed by atoms with van der Waals surface area (Å²) >= 11 is 0. The normalized spacial score (nSPS) is 19.4. The van der Waals surface area contributed by atoms with Crippen LogP contribution in [0.25, 0.3) is 0 Å². The summed E-state index contributed by atoms with van der Waals surface area (Å²) in [5.74, 6) is -0.497. The number of phenolic OH excluding ortho intramolecular Hbond substituents is 1. The van der Waals surface area contributed by atoms with E-state index in [0.29, 0.717) is 31.5 Å². The second-order valence-corrected chi connectivity index (χ2v) is 7.96. The van der Waals surface area contributed by atoms with Gasteiger partial charge < -0.3 is 10.4 Å². The number of anilines is 1. The maximum atomic E-state index is 12.4. The average Bonchev–Trinajstić information content (AvgIpc) is 2.55. The summed E-state index contributed by atoms with van der Waals surface area (Å²) in [5.41, 5.74) is 0.350. The first-order valence-corrected chi connectivity index (χ1v) is 9.61. The number of rotatable bonds is 6. The van der Waals surface area contributed by atoms with Crippen molar-refractivity contribution in [1.82, 2.24) is 4.31 Å². The summed E-state index contributed by atoms with van der Waals surface area (Å²) in [6.07, 6.45) is 2.78. The van der Waals surface area contributed by atoms with E-state index in [9.17, 15) is 18.3 Å². The van der Waals surface area contributed by atoms with E-state index in [1.54, 1.807) is 18.2 Å². The fraction of sp³-hybridized carbons (Fsp3) is 0.562. The molecule has 1 aromatic rings. The molecule has 1 aromatic carbocycles. The molecule has 2 rings (SSSR count). The number of piperidine rings is 1. The Balaban J connectivity index is 2.00. The fourth-order valence-corrected chi connectivity index (χ4v) is 4.41. The number of nitrogens with one attached hydrogen (secondary N) is 1. The first-order valence-electron chi connectivity index (χ1n) is 8.00. The lowest BCUT2D eigenvalue weighted by atomic mass is 9.98. The van der Waals surface area contributed by atoms with E-state index in [1.165, 1.54) is 10.4 Å². The van der Waals surface area contributed by atoms with Gasteiger partial charge in [-0.25, -0.2) is 12.7 Å². The van der Waals surface area contributed by atoms with E-state index in [4.69, 9.17) is 0 Å². The molecule has 1 atom stereocenters. The molecule has 23 heavy (non-hydrogen) atoms. The third-order valence-electron chi connectivity index (χ3n) is 4.07. The molecule has 1 aliphatic heterocycles. The monoisotopic (exact) mass is 340 g/mol. The highest BCUT2D eigenvalue weighted by molar-refractivity contribution is 7.89. The van der Waals surface area contributed by atoms with Crippen LogP contribution in [0.5, 0.6) is 5.75 Å². The van der Waals surface area contributed by atoms with Gasteiger partial charge in [0.05, 0.1) is 17.4 Å². The third kappa shape index (κ3) is 4.68. The molecule has 1 aliphatic rings. The minimum Gasteiger partial charge on any atom is -0.506 e. The van der Waals surface area contributed by atoms with E-state index in [2.05, 4.69) is 5.32 Å². The minimum atomic E-state index is -3.29. The molecule has 1 heterocycles. The number of unbranched alkanes of at least 4 members (excludes halogenated alkanes) is 1. The number of hydrogen-bond donors (Lipinski definition) is 2. The summed E-state index contributed by atoms with van der Waals surface area (Å²) in [4.78, 5) is 12.4. The summed E-state index contributed by atoms with van der Waals surface area (Å²) in [7, 11) is -3.29. The molecule has 0 spiro atoms. The molecular weight excluding hydrogens is 316 g/mol. The fourth-order valence-electron chi connectivity index (χ4n) is 2.68. The Morgan fingerprint density at radius 1 is 1.39 bits per heavy atom. The second kappa shape index (κ2) is 7.79. The van der Waals surface area contributed by atoms with Crippen LogP contribution in [-0.4, -0.2) is 42.6 Å². The molecule has 2 N–H and O–H groups in total. The van der Waals surface area contributed by atoms with Gasteiger partial charge in [-0.05, 0) is 31.4 Å². The van der Waals surface area contributed by atoms with Crippen molar-refractivity contribution in [2.45, 2.75) is 32.6 Å². The van der Waals surface area contributed by atoms with Crippen LogP contribution in [-0.2, 0) is 14.8 Å². The van der Waals surface area contributed by atoms with Crippen molar-refractivity contribution in [2.24, 2.45) is 5.92 Å². The quantitative estimate of drug-likeness (QED) is 0.777. The number of hydrogen-bond acceptors (Lipinski definition) is 4. The first-order chi connectivity index (χ1) is 10.9. The van der Waals surface area contributed by atoms with Crippen molar-refractivity contribution in [3.8, 4) is 5.75 Å². The lowest BCUT2D eigenvalue weighted by molar-refractivity contribution is -0.120. The largest absolute Gasteiger partial charge is 0.506 e. The van der Waals surface area contributed by atoms with Crippen LogP contribution < -0.4 is 5.32 Å².